The molecule has 0 fully saturated rings. The molecule has 3 heteroatoms. The van der Waals surface area contributed by atoms with Gasteiger partial charge in [0.25, 0.3) is 0 Å². The Hall–Kier alpha value is -8.40. The molecule has 0 amide bonds. The molecule has 12 rings (SSSR count). The summed E-state index contributed by atoms with van der Waals surface area (Å²) in [6, 6.07) is 92.9. The average molecular weight is 846 g/mol. The SMILES string of the molecule is c1ccc(CC(Cc2ccc(-c3ccc(N(c4ccccc4)c4ccc5c(c4)c4ccccc4n5-c4ccccc4)cc3)cc2)c2ccc3c(c2)c2ccccc2n3-c2ccccc2)cc1. The molecule has 0 saturated heterocycles. The van der Waals surface area contributed by atoms with Gasteiger partial charge >= 0.3 is 0 Å². The summed E-state index contributed by atoms with van der Waals surface area (Å²) in [5.41, 5.74) is 17.0. The van der Waals surface area contributed by atoms with Crippen LogP contribution in [0.2, 0.25) is 0 Å². The van der Waals surface area contributed by atoms with Crippen LogP contribution >= 0.6 is 0 Å². The van der Waals surface area contributed by atoms with Gasteiger partial charge < -0.3 is 14.0 Å². The minimum absolute atomic E-state index is 0.304. The maximum Gasteiger partial charge on any atom is 0.0542 e. The maximum absolute atomic E-state index is 2.46. The molecular weight excluding hydrogens is 799 g/mol. The van der Waals surface area contributed by atoms with E-state index in [0.717, 1.165) is 35.6 Å². The Kier molecular flexibility index (Phi) is 10.1. The summed E-state index contributed by atoms with van der Waals surface area (Å²) in [6.07, 6.45) is 1.91. The van der Waals surface area contributed by atoms with Gasteiger partial charge in [-0.2, -0.15) is 0 Å². The first-order valence-corrected chi connectivity index (χ1v) is 23.0. The van der Waals surface area contributed by atoms with Crippen molar-refractivity contribution in [3.05, 3.63) is 271 Å². The van der Waals surface area contributed by atoms with Crippen LogP contribution in [0.3, 0.4) is 0 Å². The summed E-state index contributed by atoms with van der Waals surface area (Å²) in [5, 5.41) is 5.05. The van der Waals surface area contributed by atoms with Gasteiger partial charge in [-0.3, -0.25) is 0 Å². The van der Waals surface area contributed by atoms with E-state index in [4.69, 9.17) is 0 Å². The van der Waals surface area contributed by atoms with Crippen LogP contribution in [0.25, 0.3) is 66.1 Å². The molecule has 2 aromatic heterocycles. The fourth-order valence-electron chi connectivity index (χ4n) is 10.2. The minimum Gasteiger partial charge on any atom is -0.310 e. The molecule has 0 aliphatic heterocycles. The second-order valence-corrected chi connectivity index (χ2v) is 17.4. The summed E-state index contributed by atoms with van der Waals surface area (Å²) in [4.78, 5) is 2.37. The highest BCUT2D eigenvalue weighted by atomic mass is 15.1. The van der Waals surface area contributed by atoms with E-state index in [2.05, 4.69) is 269 Å². The van der Waals surface area contributed by atoms with Gasteiger partial charge in [0.2, 0.25) is 0 Å². The van der Waals surface area contributed by atoms with Crippen LogP contribution in [0.4, 0.5) is 17.1 Å². The Bertz CT molecular complexity index is 3610. The van der Waals surface area contributed by atoms with Gasteiger partial charge in [-0.15, -0.1) is 0 Å². The lowest BCUT2D eigenvalue weighted by Gasteiger charge is -2.26. The predicted octanol–water partition coefficient (Wildman–Crippen LogP) is 16.6. The molecule has 0 aliphatic carbocycles. The first-order chi connectivity index (χ1) is 32.7. The van der Waals surface area contributed by atoms with Crippen LogP contribution in [-0.4, -0.2) is 9.13 Å². The number of benzene rings is 10. The number of fused-ring (bicyclic) bond motifs is 6. The monoisotopic (exact) mass is 845 g/mol. The first kappa shape index (κ1) is 39.2. The maximum atomic E-state index is 2.46. The predicted molar refractivity (Wildman–Crippen MR) is 278 cm³/mol. The topological polar surface area (TPSA) is 13.1 Å². The molecule has 10 aromatic carbocycles. The number of rotatable bonds is 11. The third-order valence-electron chi connectivity index (χ3n) is 13.3. The molecular formula is C63H47N3. The molecule has 1 atom stereocenters. The van der Waals surface area contributed by atoms with E-state index in [0.29, 0.717) is 5.92 Å². The zero-order valence-corrected chi connectivity index (χ0v) is 36.6. The summed E-state index contributed by atoms with van der Waals surface area (Å²) in [6.45, 7) is 0. The van der Waals surface area contributed by atoms with Crippen LogP contribution < -0.4 is 4.90 Å². The second kappa shape index (κ2) is 17.0. The third kappa shape index (κ3) is 7.21. The number of aromatic nitrogens is 2. The van der Waals surface area contributed by atoms with Crippen molar-refractivity contribution in [3.8, 4) is 22.5 Å². The van der Waals surface area contributed by atoms with E-state index in [1.807, 2.05) is 0 Å². The molecule has 3 nitrogen and oxygen atoms in total. The largest absolute Gasteiger partial charge is 0.310 e. The number of anilines is 3. The normalized spacial score (nSPS) is 12.0. The molecule has 1 unspecified atom stereocenters. The Balaban J connectivity index is 0.857. The van der Waals surface area contributed by atoms with Crippen molar-refractivity contribution in [1.82, 2.24) is 9.13 Å². The van der Waals surface area contributed by atoms with Crippen molar-refractivity contribution >= 4 is 60.7 Å². The lowest BCUT2D eigenvalue weighted by molar-refractivity contribution is 0.681. The molecule has 12 aromatic rings. The van der Waals surface area contributed by atoms with Crippen LogP contribution in [-0.2, 0) is 12.8 Å². The van der Waals surface area contributed by atoms with E-state index >= 15 is 0 Å². The third-order valence-corrected chi connectivity index (χ3v) is 13.3. The fraction of sp³-hybridized carbons (Fsp3) is 0.0476. The lowest BCUT2D eigenvalue weighted by Crippen LogP contribution is -2.09. The highest BCUT2D eigenvalue weighted by Crippen LogP contribution is 2.41. The zero-order valence-electron chi connectivity index (χ0n) is 36.6. The highest BCUT2D eigenvalue weighted by molar-refractivity contribution is 6.11. The number of nitrogens with zero attached hydrogens (tertiary/aromatic N) is 3. The molecule has 2 heterocycles. The van der Waals surface area contributed by atoms with Crippen LogP contribution in [0.5, 0.6) is 0 Å². The summed E-state index contributed by atoms with van der Waals surface area (Å²) >= 11 is 0. The molecule has 0 radical (unpaired) electrons. The summed E-state index contributed by atoms with van der Waals surface area (Å²) in [7, 11) is 0. The molecule has 314 valence electrons. The smallest absolute Gasteiger partial charge is 0.0542 e. The molecule has 0 bridgehead atoms. The van der Waals surface area contributed by atoms with Crippen LogP contribution in [0.15, 0.2) is 255 Å². The number of hydrogen-bond acceptors (Lipinski definition) is 1. The second-order valence-electron chi connectivity index (χ2n) is 17.4. The van der Waals surface area contributed by atoms with Crippen molar-refractivity contribution in [1.29, 1.82) is 0 Å². The Labute approximate surface area is 385 Å². The van der Waals surface area contributed by atoms with Gasteiger partial charge in [-0.25, -0.2) is 0 Å². The summed E-state index contributed by atoms with van der Waals surface area (Å²) in [5.74, 6) is 0.304. The van der Waals surface area contributed by atoms with Gasteiger partial charge in [0.05, 0.1) is 22.1 Å². The van der Waals surface area contributed by atoms with Crippen molar-refractivity contribution in [2.45, 2.75) is 18.8 Å². The van der Waals surface area contributed by atoms with Gasteiger partial charge in [0.15, 0.2) is 0 Å². The van der Waals surface area contributed by atoms with Gasteiger partial charge in [-0.1, -0.05) is 164 Å². The Morgan fingerprint density at radius 2 is 0.712 bits per heavy atom. The van der Waals surface area contributed by atoms with E-state index in [1.54, 1.807) is 0 Å². The van der Waals surface area contributed by atoms with Crippen LogP contribution in [0.1, 0.15) is 22.6 Å². The van der Waals surface area contributed by atoms with Gasteiger partial charge in [-0.05, 0) is 138 Å². The Morgan fingerprint density at radius 1 is 0.303 bits per heavy atom. The van der Waals surface area contributed by atoms with E-state index in [-0.39, 0.29) is 0 Å². The Morgan fingerprint density at radius 3 is 1.29 bits per heavy atom. The molecule has 0 spiro atoms. The van der Waals surface area contributed by atoms with E-state index < -0.39 is 0 Å². The van der Waals surface area contributed by atoms with Crippen molar-refractivity contribution in [2.24, 2.45) is 0 Å². The van der Waals surface area contributed by atoms with E-state index in [9.17, 15) is 0 Å². The van der Waals surface area contributed by atoms with Gasteiger partial charge in [0.1, 0.15) is 0 Å². The fourth-order valence-corrected chi connectivity index (χ4v) is 10.2. The summed E-state index contributed by atoms with van der Waals surface area (Å²) < 4.78 is 4.77. The molecule has 66 heavy (non-hydrogen) atoms. The van der Waals surface area contributed by atoms with Crippen molar-refractivity contribution in [3.63, 3.8) is 0 Å². The van der Waals surface area contributed by atoms with Crippen molar-refractivity contribution < 1.29 is 0 Å². The molecule has 0 N–H and O–H groups in total. The van der Waals surface area contributed by atoms with Crippen LogP contribution in [0, 0.1) is 0 Å². The zero-order chi connectivity index (χ0) is 43.8. The number of para-hydroxylation sites is 5. The molecule has 0 saturated carbocycles. The number of hydrogen-bond donors (Lipinski definition) is 0. The first-order valence-electron chi connectivity index (χ1n) is 23.0. The standard InChI is InChI=1S/C63H47N3/c1-5-17-45(18-6-1)41-50(49-35-39-62-58(43-49)56-25-13-15-27-60(56)65(62)52-21-9-3-10-22-52)42-46-29-31-47(32-30-46)48-33-36-54(37-34-48)64(51-19-7-2-8-20-51)55-38-40-63-59(44-55)57-26-14-16-28-61(57)66(63)53-23-11-4-12-24-53/h1-40,43-44,50H,41-42H2. The van der Waals surface area contributed by atoms with E-state index in [1.165, 1.54) is 77.1 Å². The minimum atomic E-state index is 0.304. The quantitative estimate of drug-likeness (QED) is 0.126. The molecule has 0 aliphatic rings. The van der Waals surface area contributed by atoms with Crippen molar-refractivity contribution in [2.75, 3.05) is 4.90 Å². The average Bonchev–Trinajstić information content (AvgIpc) is 3.90. The van der Waals surface area contributed by atoms with Gasteiger partial charge in [0, 0.05) is 50.0 Å². The highest BCUT2D eigenvalue weighted by Gasteiger charge is 2.20. The lowest BCUT2D eigenvalue weighted by atomic mass is 9.85.